The van der Waals surface area contributed by atoms with E-state index in [2.05, 4.69) is 16.4 Å². The molecule has 0 unspecified atom stereocenters. The van der Waals surface area contributed by atoms with E-state index < -0.39 is 5.91 Å². The number of carbonyl (C=O) groups excluding carboxylic acids is 1. The van der Waals surface area contributed by atoms with Gasteiger partial charge in [0.15, 0.2) is 17.8 Å². The van der Waals surface area contributed by atoms with Crippen molar-refractivity contribution >= 4 is 22.2 Å². The SMILES string of the molecule is N#Cc1c(NC(=O)c2ncoc2-c2ccc(F)cc2)sc2c1CCCC2. The van der Waals surface area contributed by atoms with E-state index in [-0.39, 0.29) is 17.3 Å². The van der Waals surface area contributed by atoms with Gasteiger partial charge in [0.1, 0.15) is 16.9 Å². The normalized spacial score (nSPS) is 13.1. The number of fused-ring (bicyclic) bond motifs is 1. The number of rotatable bonds is 3. The number of oxazole rings is 1. The van der Waals surface area contributed by atoms with Crippen LogP contribution in [0.2, 0.25) is 0 Å². The number of hydrogen-bond acceptors (Lipinski definition) is 5. The maximum atomic E-state index is 13.1. The fourth-order valence-electron chi connectivity index (χ4n) is 3.15. The lowest BCUT2D eigenvalue weighted by Crippen LogP contribution is -2.13. The molecule has 130 valence electrons. The molecule has 0 saturated heterocycles. The van der Waals surface area contributed by atoms with Crippen molar-refractivity contribution in [3.8, 4) is 17.4 Å². The monoisotopic (exact) mass is 367 g/mol. The molecule has 26 heavy (non-hydrogen) atoms. The van der Waals surface area contributed by atoms with Gasteiger partial charge in [0, 0.05) is 10.4 Å². The molecule has 1 aliphatic carbocycles. The van der Waals surface area contributed by atoms with E-state index in [1.54, 1.807) is 0 Å². The second-order valence-corrected chi connectivity index (χ2v) is 7.12. The molecule has 0 aliphatic heterocycles. The molecule has 0 radical (unpaired) electrons. The van der Waals surface area contributed by atoms with E-state index >= 15 is 0 Å². The summed E-state index contributed by atoms with van der Waals surface area (Å²) in [5.74, 6) is -0.558. The minimum absolute atomic E-state index is 0.104. The molecule has 0 spiro atoms. The molecule has 0 bridgehead atoms. The van der Waals surface area contributed by atoms with Crippen LogP contribution < -0.4 is 5.32 Å². The average molecular weight is 367 g/mol. The van der Waals surface area contributed by atoms with Crippen LogP contribution in [0.25, 0.3) is 11.3 Å². The zero-order valence-electron chi connectivity index (χ0n) is 13.7. The quantitative estimate of drug-likeness (QED) is 0.737. The number of nitrogens with zero attached hydrogens (tertiary/aromatic N) is 2. The highest BCUT2D eigenvalue weighted by Gasteiger charge is 2.24. The van der Waals surface area contributed by atoms with E-state index in [1.807, 2.05) is 0 Å². The Morgan fingerprint density at radius 2 is 2.04 bits per heavy atom. The Kier molecular flexibility index (Phi) is 4.27. The van der Waals surface area contributed by atoms with Crippen molar-refractivity contribution in [1.82, 2.24) is 4.98 Å². The largest absolute Gasteiger partial charge is 0.443 e. The number of hydrogen-bond donors (Lipinski definition) is 1. The van der Waals surface area contributed by atoms with Crippen LogP contribution in [0.15, 0.2) is 35.1 Å². The van der Waals surface area contributed by atoms with E-state index in [4.69, 9.17) is 4.42 Å². The highest BCUT2D eigenvalue weighted by Crippen LogP contribution is 2.38. The Balaban J connectivity index is 1.65. The van der Waals surface area contributed by atoms with Crippen LogP contribution in [0.1, 0.15) is 39.3 Å². The average Bonchev–Trinajstić information content (AvgIpc) is 3.26. The summed E-state index contributed by atoms with van der Waals surface area (Å²) in [6, 6.07) is 7.85. The molecule has 5 nitrogen and oxygen atoms in total. The Morgan fingerprint density at radius 1 is 1.27 bits per heavy atom. The van der Waals surface area contributed by atoms with Crippen molar-refractivity contribution in [2.45, 2.75) is 25.7 Å². The number of thiophene rings is 1. The van der Waals surface area contributed by atoms with Crippen molar-refractivity contribution < 1.29 is 13.6 Å². The number of nitriles is 1. The molecule has 7 heteroatoms. The van der Waals surface area contributed by atoms with Gasteiger partial charge in [-0.15, -0.1) is 11.3 Å². The van der Waals surface area contributed by atoms with Crippen molar-refractivity contribution in [3.05, 3.63) is 58.2 Å². The Bertz CT molecular complexity index is 1010. The van der Waals surface area contributed by atoms with Crippen LogP contribution in [0.5, 0.6) is 0 Å². The van der Waals surface area contributed by atoms with Crippen LogP contribution in [0, 0.1) is 17.1 Å². The molecular weight excluding hydrogens is 353 g/mol. The van der Waals surface area contributed by atoms with Gasteiger partial charge < -0.3 is 9.73 Å². The standard InChI is InChI=1S/C19H14FN3O2S/c20-12-7-5-11(6-8-12)17-16(22-10-25-17)18(24)23-19-14(9-21)13-3-1-2-4-15(13)26-19/h5-8,10H,1-4H2,(H,23,24). The molecule has 0 fully saturated rings. The molecule has 2 heterocycles. The highest BCUT2D eigenvalue weighted by molar-refractivity contribution is 7.16. The third-order valence-corrected chi connectivity index (χ3v) is 5.61. The molecule has 4 rings (SSSR count). The highest BCUT2D eigenvalue weighted by atomic mass is 32.1. The number of aryl methyl sites for hydroxylation is 1. The maximum Gasteiger partial charge on any atom is 0.278 e. The third-order valence-electron chi connectivity index (χ3n) is 4.40. The maximum absolute atomic E-state index is 13.1. The van der Waals surface area contributed by atoms with E-state index in [9.17, 15) is 14.4 Å². The van der Waals surface area contributed by atoms with Crippen molar-refractivity contribution in [2.24, 2.45) is 0 Å². The van der Waals surface area contributed by atoms with Gasteiger partial charge in [-0.05, 0) is 55.5 Å². The van der Waals surface area contributed by atoms with Gasteiger partial charge >= 0.3 is 0 Å². The fraction of sp³-hybridized carbons (Fsp3) is 0.211. The van der Waals surface area contributed by atoms with E-state index in [1.165, 1.54) is 46.9 Å². The summed E-state index contributed by atoms with van der Waals surface area (Å²) >= 11 is 1.45. The summed E-state index contributed by atoms with van der Waals surface area (Å²) in [5.41, 5.74) is 2.26. The van der Waals surface area contributed by atoms with Gasteiger partial charge in [0.25, 0.3) is 5.91 Å². The van der Waals surface area contributed by atoms with Crippen LogP contribution in [0.4, 0.5) is 9.39 Å². The van der Waals surface area contributed by atoms with Gasteiger partial charge in [0.05, 0.1) is 5.56 Å². The Morgan fingerprint density at radius 3 is 2.81 bits per heavy atom. The van der Waals surface area contributed by atoms with Gasteiger partial charge in [-0.1, -0.05) is 0 Å². The summed E-state index contributed by atoms with van der Waals surface area (Å²) < 4.78 is 18.4. The third kappa shape index (κ3) is 2.89. The first-order valence-corrected chi connectivity index (χ1v) is 9.04. The first-order valence-electron chi connectivity index (χ1n) is 8.23. The van der Waals surface area contributed by atoms with Gasteiger partial charge in [-0.3, -0.25) is 4.79 Å². The van der Waals surface area contributed by atoms with Gasteiger partial charge in [0.2, 0.25) is 0 Å². The van der Waals surface area contributed by atoms with Gasteiger partial charge in [-0.2, -0.15) is 5.26 Å². The van der Waals surface area contributed by atoms with Crippen LogP contribution >= 0.6 is 11.3 Å². The number of aromatic nitrogens is 1. The number of amides is 1. The Labute approximate surface area is 153 Å². The predicted molar refractivity (Wildman–Crippen MR) is 95.5 cm³/mol. The molecule has 0 atom stereocenters. The lowest BCUT2D eigenvalue weighted by molar-refractivity contribution is 0.102. The predicted octanol–water partition coefficient (Wildman–Crippen LogP) is 4.54. The second-order valence-electron chi connectivity index (χ2n) is 6.02. The number of halogens is 1. The number of benzene rings is 1. The summed E-state index contributed by atoms with van der Waals surface area (Å²) in [7, 11) is 0. The first-order chi connectivity index (χ1) is 12.7. The molecule has 1 amide bonds. The van der Waals surface area contributed by atoms with E-state index in [0.29, 0.717) is 16.1 Å². The van der Waals surface area contributed by atoms with Crippen molar-refractivity contribution in [2.75, 3.05) is 5.32 Å². The smallest absolute Gasteiger partial charge is 0.278 e. The molecule has 0 saturated carbocycles. The molecular formula is C19H14FN3O2S. The summed E-state index contributed by atoms with van der Waals surface area (Å²) in [4.78, 5) is 17.9. The van der Waals surface area contributed by atoms with Crippen molar-refractivity contribution in [3.63, 3.8) is 0 Å². The van der Waals surface area contributed by atoms with Crippen LogP contribution in [-0.4, -0.2) is 10.9 Å². The Hall–Kier alpha value is -2.98. The molecule has 1 aromatic carbocycles. The molecule has 1 N–H and O–H groups in total. The first kappa shape index (κ1) is 16.5. The summed E-state index contributed by atoms with van der Waals surface area (Å²) in [6.07, 6.45) is 5.15. The van der Waals surface area contributed by atoms with Crippen LogP contribution in [-0.2, 0) is 12.8 Å². The topological polar surface area (TPSA) is 78.9 Å². The van der Waals surface area contributed by atoms with E-state index in [0.717, 1.165) is 31.2 Å². The molecule has 1 aliphatic rings. The molecule has 3 aromatic rings. The van der Waals surface area contributed by atoms with Crippen LogP contribution in [0.3, 0.4) is 0 Å². The zero-order valence-corrected chi connectivity index (χ0v) is 14.5. The van der Waals surface area contributed by atoms with Gasteiger partial charge in [-0.25, -0.2) is 9.37 Å². The zero-order chi connectivity index (χ0) is 18.1. The van der Waals surface area contributed by atoms with Crippen molar-refractivity contribution in [1.29, 1.82) is 5.26 Å². The summed E-state index contributed by atoms with van der Waals surface area (Å²) in [6.45, 7) is 0. The second kappa shape index (κ2) is 6.73. The summed E-state index contributed by atoms with van der Waals surface area (Å²) in [5, 5.41) is 12.9. The minimum atomic E-state index is -0.451. The number of carbonyl (C=O) groups is 1. The fourth-order valence-corrected chi connectivity index (χ4v) is 4.38. The minimum Gasteiger partial charge on any atom is -0.443 e. The lowest BCUT2D eigenvalue weighted by Gasteiger charge is -2.09. The number of anilines is 1. The lowest BCUT2D eigenvalue weighted by atomic mass is 9.96. The number of nitrogens with one attached hydrogen (secondary N) is 1. The molecule has 2 aromatic heterocycles.